The third-order valence-electron chi connectivity index (χ3n) is 9.79. The first-order valence-corrected chi connectivity index (χ1v) is 16.5. The molecule has 48 heavy (non-hydrogen) atoms. The van der Waals surface area contributed by atoms with Crippen LogP contribution in [0.3, 0.4) is 0 Å². The second kappa shape index (κ2) is 10.6. The molecule has 3 heteroatoms. The van der Waals surface area contributed by atoms with Crippen molar-refractivity contribution in [3.8, 4) is 50.7 Å². The number of aromatic nitrogens is 3. The molecule has 224 valence electrons. The second-order valence-electron chi connectivity index (χ2n) is 12.6. The highest BCUT2D eigenvalue weighted by atomic mass is 15.0. The summed E-state index contributed by atoms with van der Waals surface area (Å²) in [6, 6.07) is 58.8. The van der Waals surface area contributed by atoms with Crippen LogP contribution in [0.15, 0.2) is 164 Å². The highest BCUT2D eigenvalue weighted by Crippen LogP contribution is 2.44. The number of nitrogens with zero attached hydrogens (tertiary/aromatic N) is 3. The highest BCUT2D eigenvalue weighted by Gasteiger charge is 2.26. The molecule has 3 heterocycles. The first-order chi connectivity index (χ1) is 23.8. The summed E-state index contributed by atoms with van der Waals surface area (Å²) in [4.78, 5) is 10.8. The zero-order chi connectivity index (χ0) is 31.6. The maximum atomic E-state index is 5.47. The van der Waals surface area contributed by atoms with Gasteiger partial charge in [-0.1, -0.05) is 152 Å². The van der Waals surface area contributed by atoms with E-state index in [4.69, 9.17) is 9.97 Å². The van der Waals surface area contributed by atoms with Crippen LogP contribution in [0.1, 0.15) is 11.1 Å². The predicted molar refractivity (Wildman–Crippen MR) is 198 cm³/mol. The van der Waals surface area contributed by atoms with Gasteiger partial charge in [0.05, 0.1) is 28.1 Å². The van der Waals surface area contributed by atoms with E-state index in [1.807, 2.05) is 6.07 Å². The van der Waals surface area contributed by atoms with E-state index in [2.05, 4.69) is 162 Å². The quantitative estimate of drug-likeness (QED) is 0.199. The van der Waals surface area contributed by atoms with E-state index in [-0.39, 0.29) is 0 Å². The van der Waals surface area contributed by atoms with E-state index >= 15 is 0 Å². The first-order valence-electron chi connectivity index (χ1n) is 16.5. The van der Waals surface area contributed by atoms with Gasteiger partial charge in [-0.25, -0.2) is 9.97 Å². The molecule has 0 saturated carbocycles. The lowest BCUT2D eigenvalue weighted by Gasteiger charge is -2.20. The third kappa shape index (κ3) is 4.14. The molecule has 1 aliphatic heterocycles. The number of hydrogen-bond donors (Lipinski definition) is 0. The zero-order valence-corrected chi connectivity index (χ0v) is 26.1. The Kier molecular flexibility index (Phi) is 5.94. The van der Waals surface area contributed by atoms with Gasteiger partial charge in [-0.15, -0.1) is 0 Å². The summed E-state index contributed by atoms with van der Waals surface area (Å²) in [5, 5.41) is 4.88. The van der Waals surface area contributed by atoms with E-state index < -0.39 is 0 Å². The standard InChI is InChI=1S/C45H29N3/c1-4-12-30(13-5-1)34-22-24-37-36-23-20-29-26-39-42(32-15-6-2-7-16-32)46-45(33-17-8-3-9-18-33)47-43(39)38-25-21-31-14-10-11-19-35(31)44(38)48(40(36)27-29)41(37)28-34/h1-25,27-28H,26H2. The van der Waals surface area contributed by atoms with Crippen molar-refractivity contribution < 1.29 is 0 Å². The van der Waals surface area contributed by atoms with Crippen LogP contribution in [0.5, 0.6) is 0 Å². The van der Waals surface area contributed by atoms with Gasteiger partial charge in [-0.2, -0.15) is 0 Å². The molecule has 0 amide bonds. The van der Waals surface area contributed by atoms with E-state index in [9.17, 15) is 0 Å². The van der Waals surface area contributed by atoms with Gasteiger partial charge in [0.1, 0.15) is 0 Å². The summed E-state index contributed by atoms with van der Waals surface area (Å²) < 4.78 is 2.50. The van der Waals surface area contributed by atoms with Crippen LogP contribution in [0.25, 0.3) is 83.3 Å². The molecule has 0 saturated heterocycles. The molecule has 0 unspecified atom stereocenters. The van der Waals surface area contributed by atoms with Crippen molar-refractivity contribution >= 4 is 32.6 Å². The van der Waals surface area contributed by atoms with Crippen molar-refractivity contribution in [3.05, 3.63) is 175 Å². The molecule has 10 rings (SSSR count). The Balaban J connectivity index is 1.38. The molecule has 0 N–H and O–H groups in total. The van der Waals surface area contributed by atoms with Crippen LogP contribution in [-0.4, -0.2) is 14.5 Å². The van der Waals surface area contributed by atoms with Gasteiger partial charge in [0, 0.05) is 44.8 Å². The zero-order valence-electron chi connectivity index (χ0n) is 26.1. The molecule has 0 radical (unpaired) electrons. The average molecular weight is 612 g/mol. The van der Waals surface area contributed by atoms with Gasteiger partial charge in [0.2, 0.25) is 0 Å². The van der Waals surface area contributed by atoms with E-state index in [0.717, 1.165) is 45.2 Å². The first kappa shape index (κ1) is 26.9. The molecule has 0 atom stereocenters. The topological polar surface area (TPSA) is 30.7 Å². The Labute approximate surface area is 278 Å². The van der Waals surface area contributed by atoms with Gasteiger partial charge in [0.25, 0.3) is 0 Å². The van der Waals surface area contributed by atoms with Crippen molar-refractivity contribution in [2.45, 2.75) is 6.42 Å². The smallest absolute Gasteiger partial charge is 0.160 e. The lowest BCUT2D eigenvalue weighted by Crippen LogP contribution is -2.06. The summed E-state index contributed by atoms with van der Waals surface area (Å²) in [6.45, 7) is 0. The summed E-state index contributed by atoms with van der Waals surface area (Å²) in [7, 11) is 0. The summed E-state index contributed by atoms with van der Waals surface area (Å²) >= 11 is 0. The molecular weight excluding hydrogens is 583 g/mol. The average Bonchev–Trinajstić information content (AvgIpc) is 3.49. The summed E-state index contributed by atoms with van der Waals surface area (Å²) in [5.41, 5.74) is 13.5. The highest BCUT2D eigenvalue weighted by molar-refractivity contribution is 6.13. The molecule has 9 aromatic rings. The monoisotopic (exact) mass is 611 g/mol. The molecule has 0 aliphatic carbocycles. The minimum Gasteiger partial charge on any atom is -0.308 e. The molecule has 0 spiro atoms. The van der Waals surface area contributed by atoms with Crippen LogP contribution < -0.4 is 0 Å². The Morgan fingerprint density at radius 2 is 1.06 bits per heavy atom. The van der Waals surface area contributed by atoms with E-state index in [1.165, 1.54) is 49.3 Å². The maximum Gasteiger partial charge on any atom is 0.160 e. The lowest BCUT2D eigenvalue weighted by molar-refractivity contribution is 1.09. The third-order valence-corrected chi connectivity index (χ3v) is 9.79. The minimum atomic E-state index is 0.716. The van der Waals surface area contributed by atoms with Crippen LogP contribution in [0.2, 0.25) is 0 Å². The molecule has 2 bridgehead atoms. The molecule has 3 nitrogen and oxygen atoms in total. The van der Waals surface area contributed by atoms with Gasteiger partial charge in [-0.05, 0) is 34.2 Å². The molecular formula is C45H29N3. The van der Waals surface area contributed by atoms with Crippen molar-refractivity contribution in [1.82, 2.24) is 14.5 Å². The Morgan fingerprint density at radius 3 is 1.83 bits per heavy atom. The van der Waals surface area contributed by atoms with Crippen LogP contribution >= 0.6 is 0 Å². The van der Waals surface area contributed by atoms with Gasteiger partial charge in [0.15, 0.2) is 5.82 Å². The number of fused-ring (bicyclic) bond motifs is 10. The second-order valence-corrected chi connectivity index (χ2v) is 12.6. The van der Waals surface area contributed by atoms with E-state index in [1.54, 1.807) is 0 Å². The molecule has 2 aromatic heterocycles. The fourth-order valence-electron chi connectivity index (χ4n) is 7.54. The number of benzene rings is 7. The molecule has 7 aromatic carbocycles. The normalized spacial score (nSPS) is 12.1. The van der Waals surface area contributed by atoms with Gasteiger partial charge < -0.3 is 4.57 Å². The van der Waals surface area contributed by atoms with Gasteiger partial charge in [-0.3, -0.25) is 0 Å². The molecule has 1 aliphatic rings. The minimum absolute atomic E-state index is 0.716. The largest absolute Gasteiger partial charge is 0.308 e. The Morgan fingerprint density at radius 1 is 0.438 bits per heavy atom. The fourth-order valence-corrected chi connectivity index (χ4v) is 7.54. The van der Waals surface area contributed by atoms with Crippen molar-refractivity contribution in [2.75, 3.05) is 0 Å². The van der Waals surface area contributed by atoms with Crippen molar-refractivity contribution in [3.63, 3.8) is 0 Å². The number of hydrogen-bond acceptors (Lipinski definition) is 2. The van der Waals surface area contributed by atoms with Crippen LogP contribution in [0.4, 0.5) is 0 Å². The Hall–Kier alpha value is -6.32. The van der Waals surface area contributed by atoms with Gasteiger partial charge >= 0.3 is 0 Å². The van der Waals surface area contributed by atoms with Crippen molar-refractivity contribution in [2.24, 2.45) is 0 Å². The Bertz CT molecular complexity index is 2670. The SMILES string of the molecule is c1ccc(-c2ccc3c4ccc5cc4n(c3c2)-c2c(ccc3ccccc23)-c2nc(-c3ccccc3)nc(-c3ccccc3)c2C5)cc1. The van der Waals surface area contributed by atoms with E-state index in [0.29, 0.717) is 6.42 Å². The number of rotatable bonds is 3. The lowest BCUT2D eigenvalue weighted by atomic mass is 9.92. The van der Waals surface area contributed by atoms with Crippen molar-refractivity contribution in [1.29, 1.82) is 0 Å². The fraction of sp³-hybridized carbons (Fsp3) is 0.0222. The summed E-state index contributed by atoms with van der Waals surface area (Å²) in [6.07, 6.45) is 0.716. The molecule has 0 fully saturated rings. The van der Waals surface area contributed by atoms with Crippen LogP contribution in [0, 0.1) is 0 Å². The summed E-state index contributed by atoms with van der Waals surface area (Å²) in [5.74, 6) is 0.729. The maximum absolute atomic E-state index is 5.47. The predicted octanol–water partition coefficient (Wildman–Crippen LogP) is 11.3. The van der Waals surface area contributed by atoms with Crippen LogP contribution in [-0.2, 0) is 6.42 Å².